The monoisotopic (exact) mass is 313 g/mol. The Morgan fingerprint density at radius 2 is 1.95 bits per heavy atom. The second-order valence-electron chi connectivity index (χ2n) is 4.85. The number of rotatable bonds is 3. The zero-order valence-corrected chi connectivity index (χ0v) is 13.0. The van der Waals surface area contributed by atoms with Gasteiger partial charge in [-0.05, 0) is 31.3 Å². The van der Waals surface area contributed by atoms with E-state index < -0.39 is 0 Å². The quantitative estimate of drug-likeness (QED) is 0.561. The Morgan fingerprint density at radius 3 is 2.64 bits per heavy atom. The number of fused-ring (bicyclic) bond motifs is 1. The van der Waals surface area contributed by atoms with E-state index >= 15 is 0 Å². The molecule has 3 N–H and O–H groups in total. The Kier molecular flexibility index (Phi) is 3.60. The number of nitrogens with one attached hydrogen (secondary N) is 1. The molecule has 3 rings (SSSR count). The Morgan fingerprint density at radius 1 is 1.23 bits per heavy atom. The first-order valence-corrected chi connectivity index (χ1v) is 7.02. The van der Waals surface area contributed by atoms with Crippen LogP contribution in [0.15, 0.2) is 36.9 Å². The lowest BCUT2D eigenvalue weighted by atomic mass is 10.2. The molecular weight excluding hydrogens is 298 g/mol. The van der Waals surface area contributed by atoms with Crippen molar-refractivity contribution in [3.05, 3.63) is 42.5 Å². The molecule has 0 aliphatic carbocycles. The van der Waals surface area contributed by atoms with E-state index in [-0.39, 0.29) is 5.11 Å². The number of hydrazine groups is 1. The fourth-order valence-corrected chi connectivity index (χ4v) is 2.07. The number of nitrogens with zero attached hydrogens (tertiary/aromatic N) is 5. The number of anilines is 1. The molecule has 0 fully saturated rings. The van der Waals surface area contributed by atoms with Gasteiger partial charge in [-0.25, -0.2) is 15.0 Å². The predicted octanol–water partition coefficient (Wildman–Crippen LogP) is 1.63. The molecule has 112 valence electrons. The molecule has 8 heteroatoms. The third kappa shape index (κ3) is 2.56. The summed E-state index contributed by atoms with van der Waals surface area (Å²) in [6.45, 7) is 2.05. The molecule has 2 heterocycles. The first-order chi connectivity index (χ1) is 10.6. The van der Waals surface area contributed by atoms with Crippen LogP contribution in [-0.2, 0) is 0 Å². The van der Waals surface area contributed by atoms with Crippen LogP contribution in [0, 0.1) is 6.92 Å². The van der Waals surface area contributed by atoms with Crippen molar-refractivity contribution in [1.82, 2.24) is 24.5 Å². The fraction of sp³-hybridized carbons (Fsp3) is 0.143. The van der Waals surface area contributed by atoms with Crippen molar-refractivity contribution >= 4 is 34.3 Å². The van der Waals surface area contributed by atoms with Gasteiger partial charge in [-0.3, -0.25) is 15.0 Å². The molecular formula is C14H15N7S. The smallest absolute Gasteiger partial charge is 0.184 e. The maximum Gasteiger partial charge on any atom is 0.184 e. The molecule has 0 unspecified atom stereocenters. The number of aryl methyl sites for hydroxylation is 1. The van der Waals surface area contributed by atoms with Gasteiger partial charge in [-0.1, -0.05) is 17.7 Å². The summed E-state index contributed by atoms with van der Waals surface area (Å²) in [6.07, 6.45) is 3.19. The second kappa shape index (κ2) is 5.57. The molecule has 22 heavy (non-hydrogen) atoms. The van der Waals surface area contributed by atoms with Gasteiger partial charge in [0.25, 0.3) is 0 Å². The van der Waals surface area contributed by atoms with Crippen molar-refractivity contribution in [3.8, 4) is 5.69 Å². The van der Waals surface area contributed by atoms with Crippen LogP contribution < -0.4 is 11.2 Å². The van der Waals surface area contributed by atoms with E-state index in [1.165, 1.54) is 16.9 Å². The molecule has 0 radical (unpaired) electrons. The highest BCUT2D eigenvalue weighted by molar-refractivity contribution is 7.80. The zero-order valence-electron chi connectivity index (χ0n) is 12.2. The normalized spacial score (nSPS) is 10.6. The Balaban J connectivity index is 2.05. The van der Waals surface area contributed by atoms with Gasteiger partial charge in [-0.15, -0.1) is 0 Å². The molecule has 0 saturated heterocycles. The summed E-state index contributed by atoms with van der Waals surface area (Å²) in [4.78, 5) is 12.9. The summed E-state index contributed by atoms with van der Waals surface area (Å²) < 4.78 is 1.91. The van der Waals surface area contributed by atoms with Gasteiger partial charge in [0.2, 0.25) is 0 Å². The van der Waals surface area contributed by atoms with E-state index in [0.717, 1.165) is 5.69 Å². The molecule has 0 bridgehead atoms. The third-order valence-electron chi connectivity index (χ3n) is 3.25. The molecule has 0 atom stereocenters. The molecule has 0 aliphatic heterocycles. The van der Waals surface area contributed by atoms with Crippen molar-refractivity contribution < 1.29 is 0 Å². The predicted molar refractivity (Wildman–Crippen MR) is 89.6 cm³/mol. The molecule has 1 aromatic carbocycles. The van der Waals surface area contributed by atoms with Crippen LogP contribution in [0.3, 0.4) is 0 Å². The molecule has 2 aromatic heterocycles. The van der Waals surface area contributed by atoms with E-state index in [1.54, 1.807) is 13.4 Å². The molecule has 0 aliphatic rings. The molecule has 7 nitrogen and oxygen atoms in total. The van der Waals surface area contributed by atoms with Crippen LogP contribution in [0.2, 0.25) is 0 Å². The van der Waals surface area contributed by atoms with Crippen LogP contribution >= 0.6 is 12.2 Å². The number of nitrogens with two attached hydrogens (primary N) is 1. The lowest BCUT2D eigenvalue weighted by Gasteiger charge is -2.18. The summed E-state index contributed by atoms with van der Waals surface area (Å²) in [5.41, 5.74) is 12.1. The Labute approximate surface area is 132 Å². The SMILES string of the molecule is Cc1ccc(-n2cnc3c(NN(C)C(N)=S)ncnc32)cc1. The minimum atomic E-state index is 0.213. The van der Waals surface area contributed by atoms with Gasteiger partial charge in [0, 0.05) is 12.7 Å². The highest BCUT2D eigenvalue weighted by atomic mass is 32.1. The second-order valence-corrected chi connectivity index (χ2v) is 5.27. The summed E-state index contributed by atoms with van der Waals surface area (Å²) in [5.74, 6) is 0.547. The number of thiocarbonyl (C=S) groups is 1. The van der Waals surface area contributed by atoms with E-state index in [2.05, 4.69) is 20.4 Å². The van der Waals surface area contributed by atoms with Gasteiger partial charge in [-0.2, -0.15) is 0 Å². The number of imidazole rings is 1. The third-order valence-corrected chi connectivity index (χ3v) is 3.52. The fourth-order valence-electron chi connectivity index (χ4n) is 2.02. The Hall–Kier alpha value is -2.74. The van der Waals surface area contributed by atoms with Gasteiger partial charge >= 0.3 is 0 Å². The lowest BCUT2D eigenvalue weighted by molar-refractivity contribution is 0.610. The van der Waals surface area contributed by atoms with Crippen molar-refractivity contribution in [2.45, 2.75) is 6.92 Å². The van der Waals surface area contributed by atoms with E-state index in [9.17, 15) is 0 Å². The van der Waals surface area contributed by atoms with Crippen LogP contribution in [-0.4, -0.2) is 36.7 Å². The zero-order chi connectivity index (χ0) is 15.7. The highest BCUT2D eigenvalue weighted by Crippen LogP contribution is 2.21. The molecule has 0 spiro atoms. The number of hydrogen-bond donors (Lipinski definition) is 2. The average Bonchev–Trinajstić information content (AvgIpc) is 2.93. The maximum atomic E-state index is 5.56. The van der Waals surface area contributed by atoms with Crippen molar-refractivity contribution in [3.63, 3.8) is 0 Å². The van der Waals surface area contributed by atoms with Crippen LogP contribution in [0.5, 0.6) is 0 Å². The van der Waals surface area contributed by atoms with Crippen molar-refractivity contribution in [2.24, 2.45) is 5.73 Å². The van der Waals surface area contributed by atoms with Crippen molar-refractivity contribution in [2.75, 3.05) is 12.5 Å². The van der Waals surface area contributed by atoms with Crippen LogP contribution in [0.4, 0.5) is 5.82 Å². The van der Waals surface area contributed by atoms with Gasteiger partial charge in [0.15, 0.2) is 22.1 Å². The maximum absolute atomic E-state index is 5.56. The summed E-state index contributed by atoms with van der Waals surface area (Å²) in [7, 11) is 1.72. The standard InChI is InChI=1S/C14H15N7S/c1-9-3-5-10(6-4-9)21-8-18-11-12(16-7-17-13(11)21)19-20(2)14(15)22/h3-8H,1-2H3,(H2,15,22)(H,16,17,19). The highest BCUT2D eigenvalue weighted by Gasteiger charge is 2.12. The number of hydrogen-bond acceptors (Lipinski definition) is 5. The number of aromatic nitrogens is 4. The topological polar surface area (TPSA) is 84.9 Å². The minimum absolute atomic E-state index is 0.213. The lowest BCUT2D eigenvalue weighted by Crippen LogP contribution is -2.36. The van der Waals surface area contributed by atoms with Crippen LogP contribution in [0.25, 0.3) is 16.9 Å². The average molecular weight is 313 g/mol. The molecule has 3 aromatic rings. The van der Waals surface area contributed by atoms with Gasteiger partial charge < -0.3 is 5.73 Å². The summed E-state index contributed by atoms with van der Waals surface area (Å²) in [5, 5.41) is 1.71. The number of benzene rings is 1. The van der Waals surface area contributed by atoms with E-state index in [4.69, 9.17) is 18.0 Å². The minimum Gasteiger partial charge on any atom is -0.375 e. The Bertz CT molecular complexity index is 825. The summed E-state index contributed by atoms with van der Waals surface area (Å²) >= 11 is 4.91. The molecule has 0 amide bonds. The van der Waals surface area contributed by atoms with E-state index in [0.29, 0.717) is 17.0 Å². The van der Waals surface area contributed by atoms with Gasteiger partial charge in [0.05, 0.1) is 0 Å². The first-order valence-electron chi connectivity index (χ1n) is 6.61. The largest absolute Gasteiger partial charge is 0.375 e. The first kappa shape index (κ1) is 14.2. The molecule has 0 saturated carbocycles. The summed E-state index contributed by atoms with van der Waals surface area (Å²) in [6, 6.07) is 8.13. The van der Waals surface area contributed by atoms with E-state index in [1.807, 2.05) is 35.8 Å². The van der Waals surface area contributed by atoms with Gasteiger partial charge in [0.1, 0.15) is 12.7 Å². The van der Waals surface area contributed by atoms with Crippen LogP contribution in [0.1, 0.15) is 5.56 Å². The van der Waals surface area contributed by atoms with Crippen molar-refractivity contribution in [1.29, 1.82) is 0 Å².